The minimum atomic E-state index is -1.01. The number of nitrogens with zero attached hydrogens (tertiary/aromatic N) is 4. The third-order valence-electron chi connectivity index (χ3n) is 5.02. The van der Waals surface area contributed by atoms with Crippen LogP contribution in [0, 0.1) is 0 Å². The lowest BCUT2D eigenvalue weighted by Crippen LogP contribution is -2.27. The number of amides is 1. The van der Waals surface area contributed by atoms with Gasteiger partial charge in [0.25, 0.3) is 0 Å². The Bertz CT molecular complexity index is 1130. The van der Waals surface area contributed by atoms with Gasteiger partial charge in [-0.25, -0.2) is 5.01 Å². The van der Waals surface area contributed by atoms with Crippen molar-refractivity contribution in [3.63, 3.8) is 0 Å². The molecule has 0 saturated heterocycles. The molecule has 152 valence electrons. The van der Waals surface area contributed by atoms with Crippen LogP contribution in [0.1, 0.15) is 36.4 Å². The van der Waals surface area contributed by atoms with E-state index < -0.39 is 5.97 Å². The van der Waals surface area contributed by atoms with E-state index in [2.05, 4.69) is 15.1 Å². The fourth-order valence-electron chi connectivity index (χ4n) is 3.47. The molecule has 0 fully saturated rings. The highest BCUT2D eigenvalue weighted by Crippen LogP contribution is 2.34. The monoisotopic (exact) mass is 404 g/mol. The van der Waals surface area contributed by atoms with Crippen LogP contribution in [0.5, 0.6) is 5.75 Å². The summed E-state index contributed by atoms with van der Waals surface area (Å²) in [5, 5.41) is 14.9. The molecule has 0 spiro atoms. The molecule has 0 aliphatic carbocycles. The SMILES string of the molecule is COc1ccc(C2=NN(C(=O)CCC(=O)O)[C@H](c3ccc4nccnc4c3)C2)cc1. The third-order valence-corrected chi connectivity index (χ3v) is 5.02. The molecule has 1 aliphatic heterocycles. The normalized spacial score (nSPS) is 15.8. The summed E-state index contributed by atoms with van der Waals surface area (Å²) in [6.07, 6.45) is 3.41. The van der Waals surface area contributed by atoms with Gasteiger partial charge in [0.15, 0.2) is 0 Å². The lowest BCUT2D eigenvalue weighted by molar-refractivity contribution is -0.141. The molecule has 1 aromatic heterocycles. The van der Waals surface area contributed by atoms with Crippen molar-refractivity contribution >= 4 is 28.6 Å². The number of rotatable bonds is 6. The lowest BCUT2D eigenvalue weighted by atomic mass is 9.97. The Balaban J connectivity index is 1.67. The Morgan fingerprint density at radius 3 is 2.50 bits per heavy atom. The second-order valence-electron chi connectivity index (χ2n) is 6.93. The molecule has 4 rings (SSSR count). The number of benzene rings is 2. The van der Waals surface area contributed by atoms with E-state index in [-0.39, 0.29) is 24.8 Å². The van der Waals surface area contributed by atoms with Crippen LogP contribution in [-0.2, 0) is 9.59 Å². The smallest absolute Gasteiger partial charge is 0.303 e. The summed E-state index contributed by atoms with van der Waals surface area (Å²) in [7, 11) is 1.60. The Morgan fingerprint density at radius 1 is 1.07 bits per heavy atom. The average molecular weight is 404 g/mol. The van der Waals surface area contributed by atoms with Crippen LogP contribution in [0.3, 0.4) is 0 Å². The van der Waals surface area contributed by atoms with Crippen molar-refractivity contribution < 1.29 is 19.4 Å². The van der Waals surface area contributed by atoms with E-state index in [1.807, 2.05) is 42.5 Å². The minimum Gasteiger partial charge on any atom is -0.497 e. The number of carboxylic acid groups (broad SMARTS) is 1. The summed E-state index contributed by atoms with van der Waals surface area (Å²) in [4.78, 5) is 32.3. The van der Waals surface area contributed by atoms with Crippen molar-refractivity contribution in [3.05, 3.63) is 66.0 Å². The highest BCUT2D eigenvalue weighted by molar-refractivity contribution is 6.03. The number of carbonyl (C=O) groups excluding carboxylic acids is 1. The standard InChI is InChI=1S/C22H20N4O4/c1-30-16-5-2-14(3-6-16)18-13-20(26(25-18)21(27)8-9-22(28)29)15-4-7-17-19(12-15)24-11-10-23-17/h2-7,10-12,20H,8-9,13H2,1H3,(H,28,29)/t20-/m0/s1. The Kier molecular flexibility index (Phi) is 5.38. The van der Waals surface area contributed by atoms with Crippen LogP contribution in [0.25, 0.3) is 11.0 Å². The van der Waals surface area contributed by atoms with E-state index in [9.17, 15) is 9.59 Å². The zero-order valence-electron chi connectivity index (χ0n) is 16.4. The summed E-state index contributed by atoms with van der Waals surface area (Å²) >= 11 is 0. The van der Waals surface area contributed by atoms with Crippen LogP contribution < -0.4 is 4.74 Å². The molecule has 1 atom stereocenters. The average Bonchev–Trinajstić information content (AvgIpc) is 3.23. The van der Waals surface area contributed by atoms with Crippen molar-refractivity contribution in [3.8, 4) is 5.75 Å². The summed E-state index contributed by atoms with van der Waals surface area (Å²) in [5.41, 5.74) is 4.00. The molecule has 0 saturated carbocycles. The second-order valence-corrected chi connectivity index (χ2v) is 6.93. The summed E-state index contributed by atoms with van der Waals surface area (Å²) in [6, 6.07) is 12.8. The van der Waals surface area contributed by atoms with Gasteiger partial charge in [-0.15, -0.1) is 0 Å². The first-order chi connectivity index (χ1) is 14.5. The first-order valence-electron chi connectivity index (χ1n) is 9.51. The molecule has 0 unspecified atom stereocenters. The number of methoxy groups -OCH3 is 1. The first kappa shape index (κ1) is 19.5. The van der Waals surface area contributed by atoms with Gasteiger partial charge < -0.3 is 9.84 Å². The van der Waals surface area contributed by atoms with Gasteiger partial charge in [0.2, 0.25) is 5.91 Å². The van der Waals surface area contributed by atoms with Crippen LogP contribution in [0.2, 0.25) is 0 Å². The Labute approximate surface area is 172 Å². The number of aromatic nitrogens is 2. The molecule has 30 heavy (non-hydrogen) atoms. The van der Waals surface area contributed by atoms with Crippen molar-refractivity contribution in [2.75, 3.05) is 7.11 Å². The van der Waals surface area contributed by atoms with E-state index in [1.165, 1.54) is 5.01 Å². The van der Waals surface area contributed by atoms with E-state index in [1.54, 1.807) is 19.5 Å². The van der Waals surface area contributed by atoms with E-state index in [0.29, 0.717) is 6.42 Å². The molecule has 0 radical (unpaired) electrons. The predicted octanol–water partition coefficient (Wildman–Crippen LogP) is 3.18. The summed E-state index contributed by atoms with van der Waals surface area (Å²) in [6.45, 7) is 0. The van der Waals surface area contributed by atoms with E-state index in [4.69, 9.17) is 9.84 Å². The van der Waals surface area contributed by atoms with Crippen LogP contribution in [0.15, 0.2) is 60.0 Å². The fraction of sp³-hybridized carbons (Fsp3) is 0.227. The van der Waals surface area contributed by atoms with Gasteiger partial charge in [-0.2, -0.15) is 5.10 Å². The molecule has 8 nitrogen and oxygen atoms in total. The molecule has 1 aliphatic rings. The number of carbonyl (C=O) groups is 2. The van der Waals surface area contributed by atoms with Crippen LogP contribution in [-0.4, -0.2) is 44.8 Å². The van der Waals surface area contributed by atoms with E-state index in [0.717, 1.165) is 33.6 Å². The van der Waals surface area contributed by atoms with Crippen molar-refractivity contribution in [1.29, 1.82) is 0 Å². The number of hydrazone groups is 1. The van der Waals surface area contributed by atoms with E-state index >= 15 is 0 Å². The van der Waals surface area contributed by atoms with Crippen molar-refractivity contribution in [2.45, 2.75) is 25.3 Å². The number of ether oxygens (including phenoxy) is 1. The molecular weight excluding hydrogens is 384 g/mol. The number of carboxylic acids is 1. The maximum atomic E-state index is 12.8. The predicted molar refractivity (Wildman–Crippen MR) is 110 cm³/mol. The van der Waals surface area contributed by atoms with Crippen LogP contribution >= 0.6 is 0 Å². The van der Waals surface area contributed by atoms with Gasteiger partial charge >= 0.3 is 5.97 Å². The molecule has 2 aromatic carbocycles. The van der Waals surface area contributed by atoms with Gasteiger partial charge in [0, 0.05) is 25.2 Å². The minimum absolute atomic E-state index is 0.112. The topological polar surface area (TPSA) is 105 Å². The first-order valence-corrected chi connectivity index (χ1v) is 9.51. The molecular formula is C22H20N4O4. The highest BCUT2D eigenvalue weighted by atomic mass is 16.5. The number of fused-ring (bicyclic) bond motifs is 1. The highest BCUT2D eigenvalue weighted by Gasteiger charge is 2.33. The quantitative estimate of drug-likeness (QED) is 0.677. The van der Waals surface area contributed by atoms with Gasteiger partial charge in [-0.1, -0.05) is 6.07 Å². The van der Waals surface area contributed by atoms with Crippen molar-refractivity contribution in [1.82, 2.24) is 15.0 Å². The van der Waals surface area contributed by atoms with Crippen molar-refractivity contribution in [2.24, 2.45) is 5.10 Å². The largest absolute Gasteiger partial charge is 0.497 e. The zero-order chi connectivity index (χ0) is 21.1. The second kappa shape index (κ2) is 8.28. The molecule has 0 bridgehead atoms. The molecule has 3 aromatic rings. The third kappa shape index (κ3) is 3.98. The molecule has 8 heteroatoms. The van der Waals surface area contributed by atoms with Gasteiger partial charge in [0.1, 0.15) is 5.75 Å². The van der Waals surface area contributed by atoms with Crippen LogP contribution in [0.4, 0.5) is 0 Å². The number of aliphatic carboxylic acids is 1. The maximum Gasteiger partial charge on any atom is 0.303 e. The molecule has 1 amide bonds. The fourth-order valence-corrected chi connectivity index (χ4v) is 3.47. The summed E-state index contributed by atoms with van der Waals surface area (Å²) < 4.78 is 5.20. The lowest BCUT2D eigenvalue weighted by Gasteiger charge is -2.22. The van der Waals surface area contributed by atoms with Gasteiger partial charge in [-0.3, -0.25) is 19.6 Å². The number of hydrogen-bond donors (Lipinski definition) is 1. The zero-order valence-corrected chi connectivity index (χ0v) is 16.4. The Morgan fingerprint density at radius 2 is 1.80 bits per heavy atom. The van der Waals surface area contributed by atoms with Gasteiger partial charge in [-0.05, 0) is 47.5 Å². The molecule has 2 heterocycles. The number of hydrogen-bond acceptors (Lipinski definition) is 6. The summed E-state index contributed by atoms with van der Waals surface area (Å²) in [5.74, 6) is -0.610. The maximum absolute atomic E-state index is 12.8. The molecule has 1 N–H and O–H groups in total. The Hall–Kier alpha value is -3.81. The van der Waals surface area contributed by atoms with Gasteiger partial charge in [0.05, 0.1) is 36.3 Å².